The standard InChI is InChI=1S/C23H24F3N5O3S/c1-30-8-10-31(11-9-30)19-7-6-16(23(24,25)26)13-18(19)27-20(32)14-35-22-29-28-21(34-22)15-4-3-5-17(12-15)33-2/h3-7,12-13H,8-11,14H2,1-2H3,(H,27,32). The van der Waals surface area contributed by atoms with E-state index in [-0.39, 0.29) is 22.6 Å². The number of benzene rings is 2. The highest BCUT2D eigenvalue weighted by atomic mass is 32.2. The number of nitrogens with one attached hydrogen (secondary N) is 1. The van der Waals surface area contributed by atoms with Crippen molar-refractivity contribution >= 4 is 29.0 Å². The first-order valence-electron chi connectivity index (χ1n) is 10.8. The molecule has 8 nitrogen and oxygen atoms in total. The zero-order valence-corrected chi connectivity index (χ0v) is 19.9. The summed E-state index contributed by atoms with van der Waals surface area (Å²) in [6.45, 7) is 2.84. The van der Waals surface area contributed by atoms with Gasteiger partial charge >= 0.3 is 6.18 Å². The third-order valence-electron chi connectivity index (χ3n) is 5.49. The molecule has 1 N–H and O–H groups in total. The lowest BCUT2D eigenvalue weighted by molar-refractivity contribution is -0.137. The molecule has 35 heavy (non-hydrogen) atoms. The monoisotopic (exact) mass is 507 g/mol. The van der Waals surface area contributed by atoms with Crippen molar-refractivity contribution < 1.29 is 27.1 Å². The Hall–Kier alpha value is -3.25. The Morgan fingerprint density at radius 2 is 1.91 bits per heavy atom. The van der Waals surface area contributed by atoms with Crippen LogP contribution in [0.15, 0.2) is 52.1 Å². The van der Waals surface area contributed by atoms with Crippen LogP contribution in [-0.2, 0) is 11.0 Å². The molecule has 0 spiro atoms. The van der Waals surface area contributed by atoms with Gasteiger partial charge in [0.1, 0.15) is 5.75 Å². The van der Waals surface area contributed by atoms with Crippen molar-refractivity contribution in [2.24, 2.45) is 0 Å². The molecule has 186 valence electrons. The van der Waals surface area contributed by atoms with Gasteiger partial charge in [-0.1, -0.05) is 17.8 Å². The van der Waals surface area contributed by atoms with E-state index in [1.807, 2.05) is 11.9 Å². The van der Waals surface area contributed by atoms with Gasteiger partial charge in [0.15, 0.2) is 0 Å². The Balaban J connectivity index is 1.45. The number of thioether (sulfide) groups is 1. The largest absolute Gasteiger partial charge is 0.497 e. The summed E-state index contributed by atoms with van der Waals surface area (Å²) >= 11 is 0.999. The van der Waals surface area contributed by atoms with E-state index in [1.54, 1.807) is 31.4 Å². The van der Waals surface area contributed by atoms with Gasteiger partial charge in [-0.15, -0.1) is 10.2 Å². The van der Waals surface area contributed by atoms with Crippen LogP contribution in [0.3, 0.4) is 0 Å². The number of halogens is 3. The summed E-state index contributed by atoms with van der Waals surface area (Å²) in [5, 5.41) is 10.7. The van der Waals surface area contributed by atoms with Crippen molar-refractivity contribution in [3.8, 4) is 17.2 Å². The van der Waals surface area contributed by atoms with Crippen molar-refractivity contribution in [1.82, 2.24) is 15.1 Å². The highest BCUT2D eigenvalue weighted by molar-refractivity contribution is 7.99. The number of aromatic nitrogens is 2. The van der Waals surface area contributed by atoms with E-state index in [1.165, 1.54) is 6.07 Å². The fraction of sp³-hybridized carbons (Fsp3) is 0.348. The van der Waals surface area contributed by atoms with E-state index in [4.69, 9.17) is 9.15 Å². The number of carbonyl (C=O) groups excluding carboxylic acids is 1. The molecule has 1 amide bonds. The van der Waals surface area contributed by atoms with Crippen molar-refractivity contribution in [1.29, 1.82) is 0 Å². The molecule has 1 saturated heterocycles. The minimum absolute atomic E-state index is 0.113. The maximum atomic E-state index is 13.3. The van der Waals surface area contributed by atoms with Gasteiger partial charge in [0, 0.05) is 31.7 Å². The zero-order chi connectivity index (χ0) is 25.0. The maximum Gasteiger partial charge on any atom is 0.416 e. The van der Waals surface area contributed by atoms with Crippen molar-refractivity contribution in [2.45, 2.75) is 11.4 Å². The molecule has 1 aliphatic rings. The van der Waals surface area contributed by atoms with E-state index in [9.17, 15) is 18.0 Å². The average Bonchev–Trinajstić information content (AvgIpc) is 3.32. The minimum atomic E-state index is -4.52. The molecule has 0 saturated carbocycles. The second-order valence-electron chi connectivity index (χ2n) is 7.96. The quantitative estimate of drug-likeness (QED) is 0.476. The summed E-state index contributed by atoms with van der Waals surface area (Å²) in [6.07, 6.45) is -4.52. The van der Waals surface area contributed by atoms with Crippen LogP contribution in [0, 0.1) is 0 Å². The lowest BCUT2D eigenvalue weighted by Gasteiger charge is -2.35. The minimum Gasteiger partial charge on any atom is -0.497 e. The molecule has 1 fully saturated rings. The van der Waals surface area contributed by atoms with Crippen LogP contribution in [0.1, 0.15) is 5.56 Å². The normalized spacial score (nSPS) is 14.7. The van der Waals surface area contributed by atoms with E-state index in [0.29, 0.717) is 30.1 Å². The maximum absolute atomic E-state index is 13.3. The van der Waals surface area contributed by atoms with Gasteiger partial charge in [-0.25, -0.2) is 0 Å². The van der Waals surface area contributed by atoms with Gasteiger partial charge in [0.25, 0.3) is 5.22 Å². The number of alkyl halides is 3. The fourth-order valence-corrected chi connectivity index (χ4v) is 4.15. The Labute approximate surface area is 204 Å². The smallest absolute Gasteiger partial charge is 0.416 e. The van der Waals surface area contributed by atoms with Crippen LogP contribution in [0.4, 0.5) is 24.5 Å². The predicted octanol–water partition coefficient (Wildman–Crippen LogP) is 4.25. The second-order valence-corrected chi connectivity index (χ2v) is 8.89. The SMILES string of the molecule is COc1cccc(-c2nnc(SCC(=O)Nc3cc(C(F)(F)F)ccc3N3CCN(C)CC3)o2)c1. The number of methoxy groups -OCH3 is 1. The molecule has 0 atom stereocenters. The van der Waals surface area contributed by atoms with E-state index in [0.717, 1.165) is 37.0 Å². The van der Waals surface area contributed by atoms with Crippen LogP contribution in [0.25, 0.3) is 11.5 Å². The first-order valence-corrected chi connectivity index (χ1v) is 11.8. The first-order chi connectivity index (χ1) is 16.7. The molecule has 0 unspecified atom stereocenters. The summed E-state index contributed by atoms with van der Waals surface area (Å²) in [5.41, 5.74) is 0.521. The van der Waals surface area contributed by atoms with Crippen LogP contribution in [0.2, 0.25) is 0 Å². The number of anilines is 2. The molecule has 4 rings (SSSR count). The summed E-state index contributed by atoms with van der Waals surface area (Å²) in [5.74, 6) is 0.303. The number of carbonyl (C=O) groups is 1. The average molecular weight is 508 g/mol. The highest BCUT2D eigenvalue weighted by Gasteiger charge is 2.32. The molecule has 0 radical (unpaired) electrons. The molecule has 2 heterocycles. The molecule has 3 aromatic rings. The van der Waals surface area contributed by atoms with Crippen LogP contribution in [0.5, 0.6) is 5.75 Å². The Morgan fingerprint density at radius 1 is 1.14 bits per heavy atom. The molecule has 12 heteroatoms. The Morgan fingerprint density at radius 3 is 2.63 bits per heavy atom. The third-order valence-corrected chi connectivity index (χ3v) is 6.31. The van der Waals surface area contributed by atoms with E-state index < -0.39 is 17.6 Å². The van der Waals surface area contributed by atoms with Crippen LogP contribution >= 0.6 is 11.8 Å². The number of hydrogen-bond donors (Lipinski definition) is 1. The number of likely N-dealkylation sites (N-methyl/N-ethyl adjacent to an activating group) is 1. The second kappa shape index (κ2) is 10.6. The lowest BCUT2D eigenvalue weighted by atomic mass is 10.1. The molecule has 2 aromatic carbocycles. The predicted molar refractivity (Wildman–Crippen MR) is 127 cm³/mol. The van der Waals surface area contributed by atoms with Crippen LogP contribution < -0.4 is 15.0 Å². The number of ether oxygens (including phenoxy) is 1. The molecule has 0 aliphatic carbocycles. The Kier molecular flexibility index (Phi) is 7.51. The van der Waals surface area contributed by atoms with Gasteiger partial charge in [-0.3, -0.25) is 4.79 Å². The topological polar surface area (TPSA) is 83.7 Å². The van der Waals surface area contributed by atoms with Gasteiger partial charge in [0.05, 0.1) is 29.8 Å². The van der Waals surface area contributed by atoms with Gasteiger partial charge in [0.2, 0.25) is 11.8 Å². The van der Waals surface area contributed by atoms with Crippen molar-refractivity contribution in [3.05, 3.63) is 48.0 Å². The number of rotatable bonds is 7. The third kappa shape index (κ3) is 6.25. The van der Waals surface area contributed by atoms with E-state index >= 15 is 0 Å². The highest BCUT2D eigenvalue weighted by Crippen LogP contribution is 2.36. The number of amides is 1. The van der Waals surface area contributed by atoms with Gasteiger partial charge < -0.3 is 24.3 Å². The Bertz CT molecular complexity index is 1180. The van der Waals surface area contributed by atoms with Gasteiger partial charge in [-0.05, 0) is 43.4 Å². The summed E-state index contributed by atoms with van der Waals surface area (Å²) in [7, 11) is 3.54. The summed E-state index contributed by atoms with van der Waals surface area (Å²) in [6, 6.07) is 10.5. The van der Waals surface area contributed by atoms with Crippen molar-refractivity contribution in [3.63, 3.8) is 0 Å². The first kappa shape index (κ1) is 24.9. The number of hydrogen-bond acceptors (Lipinski definition) is 8. The molecule has 1 aliphatic heterocycles. The zero-order valence-electron chi connectivity index (χ0n) is 19.1. The number of nitrogens with zero attached hydrogens (tertiary/aromatic N) is 4. The number of piperazine rings is 1. The van der Waals surface area contributed by atoms with Gasteiger partial charge in [-0.2, -0.15) is 13.2 Å². The molecule has 0 bridgehead atoms. The van der Waals surface area contributed by atoms with Crippen molar-refractivity contribution in [2.75, 3.05) is 56.3 Å². The van der Waals surface area contributed by atoms with E-state index in [2.05, 4.69) is 20.4 Å². The molecular formula is C23H24F3N5O3S. The fourth-order valence-electron chi connectivity index (χ4n) is 3.59. The molecule has 1 aromatic heterocycles. The summed E-state index contributed by atoms with van der Waals surface area (Å²) in [4.78, 5) is 16.8. The lowest BCUT2D eigenvalue weighted by Crippen LogP contribution is -2.44. The summed E-state index contributed by atoms with van der Waals surface area (Å²) < 4.78 is 50.7. The van der Waals surface area contributed by atoms with Crippen LogP contribution in [-0.4, -0.2) is 67.1 Å². The molecular weight excluding hydrogens is 483 g/mol.